The van der Waals surface area contributed by atoms with Crippen LogP contribution in [0.1, 0.15) is 16.8 Å². The van der Waals surface area contributed by atoms with Crippen molar-refractivity contribution < 1.29 is 18.3 Å². The second-order valence-electron chi connectivity index (χ2n) is 4.98. The van der Waals surface area contributed by atoms with Crippen molar-refractivity contribution in [2.24, 2.45) is 0 Å². The number of nitrogens with two attached hydrogens (primary N) is 1. The van der Waals surface area contributed by atoms with Crippen LogP contribution in [0, 0.1) is 0 Å². The highest BCUT2D eigenvalue weighted by atomic mass is 35.5. The molecular weight excluding hydrogens is 316 g/mol. The van der Waals surface area contributed by atoms with Crippen molar-refractivity contribution in [2.45, 2.75) is 12.5 Å². The molecule has 1 aromatic rings. The lowest BCUT2D eigenvalue weighted by atomic mass is 10.1. The second-order valence-corrected chi connectivity index (χ2v) is 7.62. The Morgan fingerprint density at radius 3 is 2.71 bits per heavy atom. The molecule has 1 saturated heterocycles. The summed E-state index contributed by atoms with van der Waals surface area (Å²) in [4.78, 5) is 14.0. The average Bonchev–Trinajstić information content (AvgIpc) is 2.75. The van der Waals surface area contributed by atoms with Crippen molar-refractivity contribution >= 4 is 33.0 Å². The number of benzene rings is 1. The first-order chi connectivity index (χ1) is 9.85. The zero-order valence-electron chi connectivity index (χ0n) is 11.3. The molecule has 1 aliphatic rings. The topological polar surface area (TPSA) is 101 Å². The SMILES string of the molecule is Nc1cccc(Cl)c1C(=O)N(CCO)C1CCS(=O)(=O)C1. The number of rotatable bonds is 4. The van der Waals surface area contributed by atoms with Crippen LogP contribution in [0.3, 0.4) is 0 Å². The van der Waals surface area contributed by atoms with E-state index in [2.05, 4.69) is 0 Å². The number of hydrogen-bond donors (Lipinski definition) is 2. The molecule has 6 nitrogen and oxygen atoms in total. The van der Waals surface area contributed by atoms with E-state index in [0.717, 1.165) is 0 Å². The molecule has 116 valence electrons. The van der Waals surface area contributed by atoms with Crippen LogP contribution in [0.2, 0.25) is 5.02 Å². The Bertz CT molecular complexity index is 627. The van der Waals surface area contributed by atoms with E-state index in [9.17, 15) is 13.2 Å². The number of sulfone groups is 1. The number of carbonyl (C=O) groups is 1. The summed E-state index contributed by atoms with van der Waals surface area (Å²) in [6, 6.07) is 4.28. The van der Waals surface area contributed by atoms with Gasteiger partial charge in [-0.25, -0.2) is 8.42 Å². The summed E-state index contributed by atoms with van der Waals surface area (Å²) >= 11 is 6.02. The fraction of sp³-hybridized carbons (Fsp3) is 0.462. The lowest BCUT2D eigenvalue weighted by Gasteiger charge is -2.28. The molecule has 0 bridgehead atoms. The fourth-order valence-corrected chi connectivity index (χ4v) is 4.48. The van der Waals surface area contributed by atoms with E-state index < -0.39 is 21.8 Å². The van der Waals surface area contributed by atoms with E-state index in [0.29, 0.717) is 6.42 Å². The molecule has 0 aromatic heterocycles. The molecule has 0 saturated carbocycles. The van der Waals surface area contributed by atoms with Gasteiger partial charge in [-0.05, 0) is 18.6 Å². The van der Waals surface area contributed by atoms with E-state index in [4.69, 9.17) is 22.4 Å². The first-order valence-electron chi connectivity index (χ1n) is 6.52. The van der Waals surface area contributed by atoms with Gasteiger partial charge in [0.15, 0.2) is 9.84 Å². The molecule has 1 unspecified atom stereocenters. The first-order valence-corrected chi connectivity index (χ1v) is 8.72. The minimum Gasteiger partial charge on any atom is -0.398 e. The Labute approximate surface area is 128 Å². The Kier molecular flexibility index (Phi) is 4.75. The number of anilines is 1. The van der Waals surface area contributed by atoms with Gasteiger partial charge in [-0.15, -0.1) is 0 Å². The zero-order valence-corrected chi connectivity index (χ0v) is 12.9. The number of carbonyl (C=O) groups excluding carboxylic acids is 1. The van der Waals surface area contributed by atoms with Crippen LogP contribution in [0.15, 0.2) is 18.2 Å². The molecule has 1 aliphatic heterocycles. The van der Waals surface area contributed by atoms with Crippen LogP contribution in [0.25, 0.3) is 0 Å². The molecule has 1 heterocycles. The van der Waals surface area contributed by atoms with Crippen LogP contribution in [0.5, 0.6) is 0 Å². The van der Waals surface area contributed by atoms with Gasteiger partial charge in [0.25, 0.3) is 5.91 Å². The molecule has 2 rings (SSSR count). The molecule has 8 heteroatoms. The van der Waals surface area contributed by atoms with Gasteiger partial charge in [-0.2, -0.15) is 0 Å². The Balaban J connectivity index is 2.32. The highest BCUT2D eigenvalue weighted by Crippen LogP contribution is 2.26. The molecule has 0 spiro atoms. The minimum absolute atomic E-state index is 0.0453. The summed E-state index contributed by atoms with van der Waals surface area (Å²) in [5, 5.41) is 9.37. The maximum Gasteiger partial charge on any atom is 0.257 e. The van der Waals surface area contributed by atoms with Crippen molar-refractivity contribution in [3.63, 3.8) is 0 Å². The standard InChI is InChI=1S/C13H17ClN2O4S/c14-10-2-1-3-11(15)12(10)13(18)16(5-6-17)9-4-7-21(19,20)8-9/h1-3,9,17H,4-8,15H2. The van der Waals surface area contributed by atoms with Crippen LogP contribution >= 0.6 is 11.6 Å². The van der Waals surface area contributed by atoms with Crippen molar-refractivity contribution in [1.29, 1.82) is 0 Å². The van der Waals surface area contributed by atoms with Crippen molar-refractivity contribution in [3.05, 3.63) is 28.8 Å². The number of amides is 1. The molecular formula is C13H17ClN2O4S. The van der Waals surface area contributed by atoms with Gasteiger partial charge in [0, 0.05) is 18.3 Å². The predicted octanol–water partition coefficient (Wildman–Crippen LogP) is 0.544. The summed E-state index contributed by atoms with van der Waals surface area (Å²) in [7, 11) is -3.13. The number of hydrogen-bond acceptors (Lipinski definition) is 5. The molecule has 1 atom stereocenters. The molecule has 1 fully saturated rings. The number of aliphatic hydroxyl groups excluding tert-OH is 1. The summed E-state index contributed by atoms with van der Waals surface area (Å²) in [5.41, 5.74) is 6.18. The molecule has 3 N–H and O–H groups in total. The van der Waals surface area contributed by atoms with Gasteiger partial charge >= 0.3 is 0 Å². The molecule has 1 amide bonds. The summed E-state index contributed by atoms with van der Waals surface area (Å²) in [6.45, 7) is -0.212. The predicted molar refractivity (Wildman–Crippen MR) is 81.0 cm³/mol. The van der Waals surface area contributed by atoms with Gasteiger partial charge in [0.05, 0.1) is 28.7 Å². The summed E-state index contributed by atoms with van der Waals surface area (Å²) in [5.74, 6) is -0.497. The van der Waals surface area contributed by atoms with E-state index in [1.54, 1.807) is 18.2 Å². The van der Waals surface area contributed by atoms with E-state index in [1.165, 1.54) is 4.90 Å². The molecule has 0 radical (unpaired) electrons. The van der Waals surface area contributed by atoms with E-state index in [1.807, 2.05) is 0 Å². The Morgan fingerprint density at radius 2 is 2.19 bits per heavy atom. The van der Waals surface area contributed by atoms with E-state index >= 15 is 0 Å². The summed E-state index contributed by atoms with van der Waals surface area (Å²) < 4.78 is 23.2. The third-order valence-electron chi connectivity index (χ3n) is 3.51. The zero-order chi connectivity index (χ0) is 15.6. The van der Waals surface area contributed by atoms with Gasteiger partial charge in [-0.1, -0.05) is 17.7 Å². The minimum atomic E-state index is -3.13. The normalized spacial score (nSPS) is 20.4. The van der Waals surface area contributed by atoms with E-state index in [-0.39, 0.29) is 40.9 Å². The monoisotopic (exact) mass is 332 g/mol. The largest absolute Gasteiger partial charge is 0.398 e. The fourth-order valence-electron chi connectivity index (χ4n) is 2.49. The Morgan fingerprint density at radius 1 is 1.48 bits per heavy atom. The smallest absolute Gasteiger partial charge is 0.257 e. The van der Waals surface area contributed by atoms with Crippen molar-refractivity contribution in [2.75, 3.05) is 30.4 Å². The molecule has 1 aromatic carbocycles. The number of halogens is 1. The highest BCUT2D eigenvalue weighted by molar-refractivity contribution is 7.91. The lowest BCUT2D eigenvalue weighted by Crippen LogP contribution is -2.43. The van der Waals surface area contributed by atoms with Crippen LogP contribution < -0.4 is 5.73 Å². The highest BCUT2D eigenvalue weighted by Gasteiger charge is 2.35. The first kappa shape index (κ1) is 16.1. The number of nitrogen functional groups attached to an aromatic ring is 1. The molecule has 21 heavy (non-hydrogen) atoms. The van der Waals surface area contributed by atoms with Crippen molar-refractivity contribution in [3.8, 4) is 0 Å². The van der Waals surface area contributed by atoms with Gasteiger partial charge in [0.2, 0.25) is 0 Å². The van der Waals surface area contributed by atoms with Crippen LogP contribution in [-0.2, 0) is 9.84 Å². The maximum absolute atomic E-state index is 12.6. The van der Waals surface area contributed by atoms with Gasteiger partial charge < -0.3 is 15.7 Å². The summed E-state index contributed by atoms with van der Waals surface area (Å²) in [6.07, 6.45) is 0.360. The Hall–Kier alpha value is -1.31. The maximum atomic E-state index is 12.6. The second kappa shape index (κ2) is 6.21. The lowest BCUT2D eigenvalue weighted by molar-refractivity contribution is 0.0656. The van der Waals surface area contributed by atoms with Crippen molar-refractivity contribution in [1.82, 2.24) is 4.90 Å². The third kappa shape index (κ3) is 3.48. The number of aliphatic hydroxyl groups is 1. The molecule has 0 aliphatic carbocycles. The third-order valence-corrected chi connectivity index (χ3v) is 5.58. The van der Waals surface area contributed by atoms with Crippen LogP contribution in [0.4, 0.5) is 5.69 Å². The average molecular weight is 333 g/mol. The number of nitrogens with zero attached hydrogens (tertiary/aromatic N) is 1. The van der Waals surface area contributed by atoms with Gasteiger partial charge in [-0.3, -0.25) is 4.79 Å². The quantitative estimate of drug-likeness (QED) is 0.784. The van der Waals surface area contributed by atoms with Gasteiger partial charge in [0.1, 0.15) is 0 Å². The van der Waals surface area contributed by atoms with Crippen LogP contribution in [-0.4, -0.2) is 55.0 Å².